The van der Waals surface area contributed by atoms with E-state index in [2.05, 4.69) is 0 Å². The van der Waals surface area contributed by atoms with Crippen LogP contribution in [-0.4, -0.2) is 34.9 Å². The van der Waals surface area contributed by atoms with Gasteiger partial charge in [0.1, 0.15) is 11.4 Å². The Morgan fingerprint density at radius 2 is 2.24 bits per heavy atom. The smallest absolute Gasteiger partial charge is 0.282 e. The van der Waals surface area contributed by atoms with E-state index in [0.29, 0.717) is 13.1 Å². The topological polar surface area (TPSA) is 89.5 Å². The zero-order chi connectivity index (χ0) is 14.9. The highest BCUT2D eigenvalue weighted by Crippen LogP contribution is 2.25. The first-order chi connectivity index (χ1) is 9.40. The van der Waals surface area contributed by atoms with Gasteiger partial charge in [0, 0.05) is 25.2 Å². The molecule has 1 amide bonds. The number of rotatable bonds is 3. The van der Waals surface area contributed by atoms with Crippen molar-refractivity contribution in [3.63, 3.8) is 0 Å². The highest BCUT2D eigenvalue weighted by atomic mass is 35.5. The Bertz CT molecular complexity index is 553. The number of hydrogen-bond donors (Lipinski definition) is 1. The Balaban J connectivity index is 0.00000220. The summed E-state index contributed by atoms with van der Waals surface area (Å²) in [7, 11) is 0. The molecular weight excluding hydrogens is 301 g/mol. The Labute approximate surface area is 127 Å². The van der Waals surface area contributed by atoms with Crippen LogP contribution in [0.4, 0.5) is 10.1 Å². The van der Waals surface area contributed by atoms with Crippen molar-refractivity contribution in [2.45, 2.75) is 19.4 Å². The van der Waals surface area contributed by atoms with Gasteiger partial charge < -0.3 is 10.6 Å². The molecule has 2 atom stereocenters. The van der Waals surface area contributed by atoms with Gasteiger partial charge in [0.2, 0.25) is 0 Å². The monoisotopic (exact) mass is 317 g/mol. The number of nitro groups is 1. The second kappa shape index (κ2) is 6.82. The number of amides is 1. The molecule has 1 fully saturated rings. The van der Waals surface area contributed by atoms with Crippen molar-refractivity contribution >= 4 is 24.0 Å². The minimum atomic E-state index is -0.675. The largest absolute Gasteiger partial charge is 0.338 e. The molecule has 8 heteroatoms. The van der Waals surface area contributed by atoms with Gasteiger partial charge in [-0.25, -0.2) is 4.39 Å². The van der Waals surface area contributed by atoms with E-state index in [1.165, 1.54) is 4.90 Å². The Hall–Kier alpha value is -1.73. The zero-order valence-corrected chi connectivity index (χ0v) is 12.3. The molecule has 1 heterocycles. The van der Waals surface area contributed by atoms with Crippen LogP contribution in [0.15, 0.2) is 18.2 Å². The quantitative estimate of drug-likeness (QED) is 0.681. The number of nitro benzene ring substituents is 1. The van der Waals surface area contributed by atoms with Gasteiger partial charge in [0.25, 0.3) is 11.6 Å². The maximum Gasteiger partial charge on any atom is 0.282 e. The van der Waals surface area contributed by atoms with Gasteiger partial charge in [-0.05, 0) is 31.4 Å². The zero-order valence-electron chi connectivity index (χ0n) is 11.5. The molecule has 116 valence electrons. The maximum absolute atomic E-state index is 13.2. The summed E-state index contributed by atoms with van der Waals surface area (Å²) in [5.41, 5.74) is 5.21. The van der Waals surface area contributed by atoms with Crippen molar-refractivity contribution in [3.05, 3.63) is 39.7 Å². The standard InChI is InChI=1S/C13H16FN3O3.ClH/c1-8(15)9-4-5-16(7-9)13(18)11-6-10(14)2-3-12(11)17(19)20;/h2-3,6,8-9H,4-5,7,15H2,1H3;1H. The highest BCUT2D eigenvalue weighted by Gasteiger charge is 2.32. The molecule has 0 aliphatic carbocycles. The number of carbonyl (C=O) groups is 1. The lowest BCUT2D eigenvalue weighted by molar-refractivity contribution is -0.385. The number of carbonyl (C=O) groups excluding carboxylic acids is 1. The van der Waals surface area contributed by atoms with Crippen LogP contribution in [0, 0.1) is 21.8 Å². The van der Waals surface area contributed by atoms with Gasteiger partial charge >= 0.3 is 0 Å². The Morgan fingerprint density at radius 3 is 2.76 bits per heavy atom. The lowest BCUT2D eigenvalue weighted by Gasteiger charge is -2.18. The fourth-order valence-electron chi connectivity index (χ4n) is 2.41. The normalized spacial score (nSPS) is 19.0. The van der Waals surface area contributed by atoms with Crippen LogP contribution in [0.5, 0.6) is 0 Å². The molecule has 0 saturated carbocycles. The number of halogens is 2. The first-order valence-electron chi connectivity index (χ1n) is 6.39. The molecule has 0 bridgehead atoms. The molecule has 0 radical (unpaired) electrons. The summed E-state index contributed by atoms with van der Waals surface area (Å²) in [5.74, 6) is -1.01. The molecule has 1 saturated heterocycles. The first kappa shape index (κ1) is 17.3. The first-order valence-corrected chi connectivity index (χ1v) is 6.39. The van der Waals surface area contributed by atoms with Gasteiger partial charge in [-0.2, -0.15) is 0 Å². The van der Waals surface area contributed by atoms with E-state index in [1.807, 2.05) is 6.92 Å². The molecule has 21 heavy (non-hydrogen) atoms. The lowest BCUT2D eigenvalue weighted by atomic mass is 10.0. The molecule has 2 N–H and O–H groups in total. The fourth-order valence-corrected chi connectivity index (χ4v) is 2.41. The number of nitrogens with zero attached hydrogens (tertiary/aromatic N) is 2. The van der Waals surface area contributed by atoms with E-state index in [1.54, 1.807) is 0 Å². The van der Waals surface area contributed by atoms with E-state index in [4.69, 9.17) is 5.73 Å². The SMILES string of the molecule is CC(N)C1CCN(C(=O)c2cc(F)ccc2[N+](=O)[O-])C1.Cl. The molecule has 1 aliphatic heterocycles. The summed E-state index contributed by atoms with van der Waals surface area (Å²) in [5, 5.41) is 10.9. The number of likely N-dealkylation sites (tertiary alicyclic amines) is 1. The second-order valence-electron chi connectivity index (χ2n) is 5.08. The molecular formula is C13H17ClFN3O3. The minimum absolute atomic E-state index is 0. The van der Waals surface area contributed by atoms with Crippen LogP contribution in [-0.2, 0) is 0 Å². The summed E-state index contributed by atoms with van der Waals surface area (Å²) < 4.78 is 13.2. The summed E-state index contributed by atoms with van der Waals surface area (Å²) in [6.45, 7) is 2.80. The average Bonchev–Trinajstić information content (AvgIpc) is 2.87. The summed E-state index contributed by atoms with van der Waals surface area (Å²) >= 11 is 0. The third-order valence-electron chi connectivity index (χ3n) is 3.64. The van der Waals surface area contributed by atoms with Crippen LogP contribution in [0.2, 0.25) is 0 Å². The van der Waals surface area contributed by atoms with E-state index in [-0.39, 0.29) is 35.6 Å². The second-order valence-corrected chi connectivity index (χ2v) is 5.08. The summed E-state index contributed by atoms with van der Waals surface area (Å²) in [6, 6.07) is 2.86. The minimum Gasteiger partial charge on any atom is -0.338 e. The van der Waals surface area contributed by atoms with Crippen LogP contribution in [0.1, 0.15) is 23.7 Å². The molecule has 1 aromatic rings. The molecule has 2 rings (SSSR count). The van der Waals surface area contributed by atoms with Gasteiger partial charge in [0.05, 0.1) is 4.92 Å². The van der Waals surface area contributed by atoms with Crippen LogP contribution < -0.4 is 5.73 Å². The van der Waals surface area contributed by atoms with Crippen LogP contribution in [0.3, 0.4) is 0 Å². The Kier molecular flexibility index (Phi) is 5.62. The molecule has 0 aromatic heterocycles. The van der Waals surface area contributed by atoms with E-state index in [0.717, 1.165) is 24.6 Å². The van der Waals surface area contributed by atoms with Crippen molar-refractivity contribution in [1.29, 1.82) is 0 Å². The molecule has 6 nitrogen and oxygen atoms in total. The van der Waals surface area contributed by atoms with Crippen LogP contribution in [0.25, 0.3) is 0 Å². The molecule has 1 aromatic carbocycles. The van der Waals surface area contributed by atoms with Crippen molar-refractivity contribution in [1.82, 2.24) is 4.90 Å². The van der Waals surface area contributed by atoms with Gasteiger partial charge in [0.15, 0.2) is 0 Å². The van der Waals surface area contributed by atoms with Crippen molar-refractivity contribution < 1.29 is 14.1 Å². The summed E-state index contributed by atoms with van der Waals surface area (Å²) in [6.07, 6.45) is 0.756. The van der Waals surface area contributed by atoms with Crippen LogP contribution >= 0.6 is 12.4 Å². The van der Waals surface area contributed by atoms with Crippen molar-refractivity contribution in [3.8, 4) is 0 Å². The number of hydrogen-bond acceptors (Lipinski definition) is 4. The maximum atomic E-state index is 13.2. The van der Waals surface area contributed by atoms with E-state index in [9.17, 15) is 19.3 Å². The van der Waals surface area contributed by atoms with Crippen molar-refractivity contribution in [2.24, 2.45) is 11.7 Å². The number of nitrogens with two attached hydrogens (primary N) is 1. The van der Waals surface area contributed by atoms with Gasteiger partial charge in [-0.3, -0.25) is 14.9 Å². The predicted molar refractivity (Wildman–Crippen MR) is 78.0 cm³/mol. The van der Waals surface area contributed by atoms with Gasteiger partial charge in [-0.15, -0.1) is 12.4 Å². The molecule has 0 spiro atoms. The summed E-state index contributed by atoms with van der Waals surface area (Å²) in [4.78, 5) is 24.0. The lowest BCUT2D eigenvalue weighted by Crippen LogP contribution is -2.33. The highest BCUT2D eigenvalue weighted by molar-refractivity contribution is 5.98. The Morgan fingerprint density at radius 1 is 1.57 bits per heavy atom. The third-order valence-corrected chi connectivity index (χ3v) is 3.64. The molecule has 2 unspecified atom stereocenters. The van der Waals surface area contributed by atoms with E-state index >= 15 is 0 Å². The van der Waals surface area contributed by atoms with Crippen molar-refractivity contribution in [2.75, 3.05) is 13.1 Å². The third kappa shape index (κ3) is 3.68. The van der Waals surface area contributed by atoms with E-state index < -0.39 is 16.6 Å². The number of benzene rings is 1. The fraction of sp³-hybridized carbons (Fsp3) is 0.462. The van der Waals surface area contributed by atoms with Gasteiger partial charge in [-0.1, -0.05) is 0 Å². The average molecular weight is 318 g/mol. The molecule has 1 aliphatic rings. The predicted octanol–water partition coefficient (Wildman–Crippen LogP) is 1.97.